The van der Waals surface area contributed by atoms with Crippen LogP contribution in [0.4, 0.5) is 0 Å². The number of nitrogens with zero attached hydrogens (tertiary/aromatic N) is 4. The maximum atomic E-state index is 5.98. The summed E-state index contributed by atoms with van der Waals surface area (Å²) in [5.74, 6) is 1.44. The van der Waals surface area contributed by atoms with Gasteiger partial charge in [-0.3, -0.25) is 0 Å². The largest absolute Gasteiger partial charge is 0.301 e. The third kappa shape index (κ3) is 2.60. The smallest absolute Gasteiger partial charge is 0.157 e. The molecule has 3 rings (SSSR count). The minimum atomic E-state index is 0.480. The number of halogens is 1. The summed E-state index contributed by atoms with van der Waals surface area (Å²) in [7, 11) is 0. The lowest BCUT2D eigenvalue weighted by atomic mass is 9.95. The van der Waals surface area contributed by atoms with Crippen LogP contribution in [-0.4, -0.2) is 38.6 Å². The van der Waals surface area contributed by atoms with Crippen LogP contribution >= 0.6 is 11.6 Å². The van der Waals surface area contributed by atoms with Crippen molar-refractivity contribution in [3.63, 3.8) is 0 Å². The molecule has 2 aromatic rings. The summed E-state index contributed by atoms with van der Waals surface area (Å²) in [5, 5.41) is 5.29. The lowest BCUT2D eigenvalue weighted by Crippen LogP contribution is -2.38. The van der Waals surface area contributed by atoms with Gasteiger partial charge in [0.05, 0.1) is 0 Å². The zero-order valence-corrected chi connectivity index (χ0v) is 12.1. The molecule has 0 N–H and O–H groups in total. The maximum absolute atomic E-state index is 5.98. The van der Waals surface area contributed by atoms with Gasteiger partial charge >= 0.3 is 0 Å². The fourth-order valence-corrected chi connectivity index (χ4v) is 2.87. The van der Waals surface area contributed by atoms with Crippen molar-refractivity contribution < 1.29 is 0 Å². The molecule has 0 saturated carbocycles. The molecule has 0 radical (unpaired) electrons. The first-order valence-electron chi connectivity index (χ1n) is 6.89. The third-order valence-electron chi connectivity index (χ3n) is 3.94. The van der Waals surface area contributed by atoms with Crippen LogP contribution in [0.2, 0.25) is 5.02 Å². The molecule has 102 valence electrons. The van der Waals surface area contributed by atoms with Crippen molar-refractivity contribution in [3.8, 4) is 0 Å². The van der Waals surface area contributed by atoms with Gasteiger partial charge in [-0.15, -0.1) is 0 Å². The standard InChI is InChI=1S/C14H19ClN4/c1-10(2)18-6-3-11(4-7-18)14-16-13-9-12(15)5-8-19(13)17-14/h5,8-11H,3-4,6-7H2,1-2H3. The van der Waals surface area contributed by atoms with Crippen molar-refractivity contribution in [2.24, 2.45) is 0 Å². The monoisotopic (exact) mass is 278 g/mol. The average Bonchev–Trinajstić information content (AvgIpc) is 2.81. The maximum Gasteiger partial charge on any atom is 0.157 e. The molecule has 1 aliphatic heterocycles. The highest BCUT2D eigenvalue weighted by Gasteiger charge is 2.24. The highest BCUT2D eigenvalue weighted by atomic mass is 35.5. The van der Waals surface area contributed by atoms with Gasteiger partial charge in [-0.2, -0.15) is 5.10 Å². The Kier molecular flexibility index (Phi) is 3.46. The molecule has 2 aromatic heterocycles. The van der Waals surface area contributed by atoms with Crippen molar-refractivity contribution >= 4 is 17.2 Å². The van der Waals surface area contributed by atoms with Crippen molar-refractivity contribution in [1.82, 2.24) is 19.5 Å². The lowest BCUT2D eigenvalue weighted by Gasteiger charge is -2.33. The molecule has 0 atom stereocenters. The van der Waals surface area contributed by atoms with Gasteiger partial charge in [-0.1, -0.05) is 11.6 Å². The normalized spacial score (nSPS) is 18.5. The summed E-state index contributed by atoms with van der Waals surface area (Å²) in [6.45, 7) is 6.79. The van der Waals surface area contributed by atoms with Crippen molar-refractivity contribution in [3.05, 3.63) is 29.2 Å². The fourth-order valence-electron chi connectivity index (χ4n) is 2.72. The van der Waals surface area contributed by atoms with Crippen LogP contribution in [0.3, 0.4) is 0 Å². The summed E-state index contributed by atoms with van der Waals surface area (Å²) in [6.07, 6.45) is 4.16. The van der Waals surface area contributed by atoms with Crippen LogP contribution in [0, 0.1) is 0 Å². The number of likely N-dealkylation sites (tertiary alicyclic amines) is 1. The quantitative estimate of drug-likeness (QED) is 0.847. The minimum Gasteiger partial charge on any atom is -0.301 e. The molecule has 0 aromatic carbocycles. The number of pyridine rings is 1. The van der Waals surface area contributed by atoms with E-state index in [2.05, 4.69) is 28.8 Å². The van der Waals surface area contributed by atoms with Crippen LogP contribution in [0.25, 0.3) is 5.65 Å². The van der Waals surface area contributed by atoms with Gasteiger partial charge in [0.15, 0.2) is 11.5 Å². The molecular formula is C14H19ClN4. The van der Waals surface area contributed by atoms with Gasteiger partial charge in [0.2, 0.25) is 0 Å². The van der Waals surface area contributed by atoms with E-state index in [4.69, 9.17) is 11.6 Å². The summed E-state index contributed by atoms with van der Waals surface area (Å²) in [4.78, 5) is 7.13. The first-order valence-corrected chi connectivity index (χ1v) is 7.27. The highest BCUT2D eigenvalue weighted by Crippen LogP contribution is 2.27. The Morgan fingerprint density at radius 3 is 2.74 bits per heavy atom. The second-order valence-electron chi connectivity index (χ2n) is 5.52. The predicted molar refractivity (Wildman–Crippen MR) is 76.7 cm³/mol. The first kappa shape index (κ1) is 12.9. The van der Waals surface area contributed by atoms with E-state index in [9.17, 15) is 0 Å². The van der Waals surface area contributed by atoms with E-state index in [0.717, 1.165) is 37.4 Å². The van der Waals surface area contributed by atoms with E-state index in [0.29, 0.717) is 17.0 Å². The Morgan fingerprint density at radius 2 is 2.05 bits per heavy atom. The van der Waals surface area contributed by atoms with E-state index in [1.165, 1.54) is 0 Å². The Hall–Kier alpha value is -1.13. The van der Waals surface area contributed by atoms with Gasteiger partial charge in [-0.25, -0.2) is 9.50 Å². The predicted octanol–water partition coefficient (Wildman–Crippen LogP) is 2.97. The van der Waals surface area contributed by atoms with Crippen molar-refractivity contribution in [2.75, 3.05) is 13.1 Å². The second-order valence-corrected chi connectivity index (χ2v) is 5.96. The van der Waals surface area contributed by atoms with Crippen LogP contribution in [0.5, 0.6) is 0 Å². The van der Waals surface area contributed by atoms with E-state index in [1.54, 1.807) is 0 Å². The molecule has 1 fully saturated rings. The van der Waals surface area contributed by atoms with Gasteiger partial charge in [0, 0.05) is 29.2 Å². The number of aromatic nitrogens is 3. The Labute approximate surface area is 118 Å². The molecule has 0 bridgehead atoms. The van der Waals surface area contributed by atoms with Crippen LogP contribution in [0.15, 0.2) is 18.3 Å². The van der Waals surface area contributed by atoms with Gasteiger partial charge in [-0.05, 0) is 45.8 Å². The molecule has 5 heteroatoms. The Bertz CT molecular complexity index is 570. The molecule has 19 heavy (non-hydrogen) atoms. The summed E-state index contributed by atoms with van der Waals surface area (Å²) >= 11 is 5.98. The molecule has 3 heterocycles. The average molecular weight is 279 g/mol. The van der Waals surface area contributed by atoms with Gasteiger partial charge < -0.3 is 4.90 Å². The first-order chi connectivity index (χ1) is 9.13. The molecule has 1 saturated heterocycles. The number of rotatable bonds is 2. The fraction of sp³-hybridized carbons (Fsp3) is 0.571. The van der Waals surface area contributed by atoms with E-state index in [1.807, 2.05) is 22.8 Å². The van der Waals surface area contributed by atoms with Crippen molar-refractivity contribution in [2.45, 2.75) is 38.6 Å². The number of hydrogen-bond donors (Lipinski definition) is 0. The number of hydrogen-bond acceptors (Lipinski definition) is 3. The SMILES string of the molecule is CC(C)N1CCC(c2nc3cc(Cl)ccn3n2)CC1. The number of piperidine rings is 1. The minimum absolute atomic E-state index is 0.480. The zero-order valence-electron chi connectivity index (χ0n) is 11.4. The van der Waals surface area contributed by atoms with Crippen LogP contribution < -0.4 is 0 Å². The summed E-state index contributed by atoms with van der Waals surface area (Å²) in [6, 6.07) is 4.34. The highest BCUT2D eigenvalue weighted by molar-refractivity contribution is 6.30. The van der Waals surface area contributed by atoms with Crippen LogP contribution in [0.1, 0.15) is 38.4 Å². The zero-order chi connectivity index (χ0) is 13.4. The summed E-state index contributed by atoms with van der Waals surface area (Å²) in [5.41, 5.74) is 0.841. The third-order valence-corrected chi connectivity index (χ3v) is 4.18. The number of fused-ring (bicyclic) bond motifs is 1. The van der Waals surface area contributed by atoms with E-state index >= 15 is 0 Å². The summed E-state index contributed by atoms with van der Waals surface area (Å²) < 4.78 is 1.82. The molecular weight excluding hydrogens is 260 g/mol. The van der Waals surface area contributed by atoms with Crippen molar-refractivity contribution in [1.29, 1.82) is 0 Å². The molecule has 1 aliphatic rings. The van der Waals surface area contributed by atoms with Gasteiger partial charge in [0.1, 0.15) is 0 Å². The molecule has 0 aliphatic carbocycles. The van der Waals surface area contributed by atoms with E-state index in [-0.39, 0.29) is 0 Å². The lowest BCUT2D eigenvalue weighted by molar-refractivity contribution is 0.169. The van der Waals surface area contributed by atoms with E-state index < -0.39 is 0 Å². The molecule has 0 unspecified atom stereocenters. The molecule has 4 nitrogen and oxygen atoms in total. The molecule has 0 spiro atoms. The molecule has 0 amide bonds. The second kappa shape index (κ2) is 5.10. The van der Waals surface area contributed by atoms with Crippen LogP contribution in [-0.2, 0) is 0 Å². The van der Waals surface area contributed by atoms with Gasteiger partial charge in [0.25, 0.3) is 0 Å². The Balaban J connectivity index is 1.78. The topological polar surface area (TPSA) is 33.4 Å². The Morgan fingerprint density at radius 1 is 1.32 bits per heavy atom.